The fourth-order valence-electron chi connectivity index (χ4n) is 2.40. The van der Waals surface area contributed by atoms with Gasteiger partial charge >= 0.3 is 0 Å². The normalized spacial score (nSPS) is 16.6. The van der Waals surface area contributed by atoms with Gasteiger partial charge in [-0.2, -0.15) is 0 Å². The van der Waals surface area contributed by atoms with Crippen molar-refractivity contribution in [3.63, 3.8) is 0 Å². The summed E-state index contributed by atoms with van der Waals surface area (Å²) >= 11 is 0. The van der Waals surface area contributed by atoms with E-state index in [1.54, 1.807) is 0 Å². The highest BCUT2D eigenvalue weighted by Crippen LogP contribution is 2.17. The molecule has 1 amide bonds. The van der Waals surface area contributed by atoms with Gasteiger partial charge in [-0.25, -0.2) is 0 Å². The maximum absolute atomic E-state index is 12.3. The molecule has 1 fully saturated rings. The highest BCUT2D eigenvalue weighted by atomic mass is 16.5. The minimum Gasteiger partial charge on any atom is -0.381 e. The Labute approximate surface area is 109 Å². The first-order chi connectivity index (χ1) is 8.66. The second-order valence-electron chi connectivity index (χ2n) is 5.11. The predicted molar refractivity (Wildman–Crippen MR) is 71.7 cm³/mol. The SMILES string of the molecule is Cc1cccc(C(=O)N(C)CC2CCOCC2)c1. The van der Waals surface area contributed by atoms with Gasteiger partial charge < -0.3 is 9.64 Å². The quantitative estimate of drug-likeness (QED) is 0.821. The summed E-state index contributed by atoms with van der Waals surface area (Å²) in [6.07, 6.45) is 2.12. The number of nitrogens with zero attached hydrogens (tertiary/aromatic N) is 1. The van der Waals surface area contributed by atoms with Crippen LogP contribution in [0.15, 0.2) is 24.3 Å². The van der Waals surface area contributed by atoms with E-state index >= 15 is 0 Å². The van der Waals surface area contributed by atoms with Gasteiger partial charge in [0, 0.05) is 32.4 Å². The molecular formula is C15H21NO2. The molecule has 3 heteroatoms. The monoisotopic (exact) mass is 247 g/mol. The number of ether oxygens (including phenoxy) is 1. The zero-order valence-corrected chi connectivity index (χ0v) is 11.2. The topological polar surface area (TPSA) is 29.5 Å². The standard InChI is InChI=1S/C15H21NO2/c1-12-4-3-5-14(10-12)15(17)16(2)11-13-6-8-18-9-7-13/h3-5,10,13H,6-9,11H2,1-2H3. The van der Waals surface area contributed by atoms with Crippen LogP contribution in [0.3, 0.4) is 0 Å². The molecule has 1 aromatic rings. The molecule has 0 bridgehead atoms. The Balaban J connectivity index is 1.95. The molecular weight excluding hydrogens is 226 g/mol. The highest BCUT2D eigenvalue weighted by molar-refractivity contribution is 5.94. The first-order valence-corrected chi connectivity index (χ1v) is 6.56. The lowest BCUT2D eigenvalue weighted by molar-refractivity contribution is 0.0497. The lowest BCUT2D eigenvalue weighted by Crippen LogP contribution is -2.34. The van der Waals surface area contributed by atoms with Crippen LogP contribution in [0.1, 0.15) is 28.8 Å². The Morgan fingerprint density at radius 1 is 1.39 bits per heavy atom. The Kier molecular flexibility index (Phi) is 4.37. The molecule has 0 aliphatic carbocycles. The summed E-state index contributed by atoms with van der Waals surface area (Å²) in [5, 5.41) is 0. The van der Waals surface area contributed by atoms with Crippen molar-refractivity contribution in [1.29, 1.82) is 0 Å². The predicted octanol–water partition coefficient (Wildman–Crippen LogP) is 2.49. The second-order valence-corrected chi connectivity index (χ2v) is 5.11. The molecule has 0 atom stereocenters. The number of aryl methyl sites for hydroxylation is 1. The van der Waals surface area contributed by atoms with E-state index in [0.717, 1.165) is 43.7 Å². The Hall–Kier alpha value is -1.35. The van der Waals surface area contributed by atoms with E-state index in [9.17, 15) is 4.79 Å². The van der Waals surface area contributed by atoms with Crippen LogP contribution in [0.25, 0.3) is 0 Å². The average molecular weight is 247 g/mol. The van der Waals surface area contributed by atoms with E-state index < -0.39 is 0 Å². The number of hydrogen-bond donors (Lipinski definition) is 0. The Bertz CT molecular complexity index is 411. The highest BCUT2D eigenvalue weighted by Gasteiger charge is 2.19. The largest absolute Gasteiger partial charge is 0.381 e. The van der Waals surface area contributed by atoms with E-state index in [1.165, 1.54) is 0 Å². The van der Waals surface area contributed by atoms with Gasteiger partial charge in [0.2, 0.25) is 0 Å². The molecule has 1 aliphatic rings. The van der Waals surface area contributed by atoms with Gasteiger partial charge in [-0.3, -0.25) is 4.79 Å². The third kappa shape index (κ3) is 3.33. The summed E-state index contributed by atoms with van der Waals surface area (Å²) in [6, 6.07) is 7.78. The second kappa shape index (κ2) is 6.01. The summed E-state index contributed by atoms with van der Waals surface area (Å²) in [5.41, 5.74) is 1.91. The van der Waals surface area contributed by atoms with Crippen LogP contribution in [-0.4, -0.2) is 37.6 Å². The third-order valence-corrected chi connectivity index (χ3v) is 3.48. The van der Waals surface area contributed by atoms with E-state index in [0.29, 0.717) is 5.92 Å². The minimum atomic E-state index is 0.116. The smallest absolute Gasteiger partial charge is 0.253 e. The molecule has 1 heterocycles. The fraction of sp³-hybridized carbons (Fsp3) is 0.533. The zero-order valence-electron chi connectivity index (χ0n) is 11.2. The van der Waals surface area contributed by atoms with E-state index in [1.807, 2.05) is 43.1 Å². The number of benzene rings is 1. The van der Waals surface area contributed by atoms with Gasteiger partial charge in [0.15, 0.2) is 0 Å². The molecule has 0 spiro atoms. The molecule has 1 aliphatic heterocycles. The van der Waals surface area contributed by atoms with Gasteiger partial charge in [-0.05, 0) is 37.8 Å². The first-order valence-electron chi connectivity index (χ1n) is 6.56. The number of carbonyl (C=O) groups excluding carboxylic acids is 1. The van der Waals surface area contributed by atoms with E-state index in [4.69, 9.17) is 4.74 Å². The molecule has 0 radical (unpaired) electrons. The van der Waals surface area contributed by atoms with E-state index in [-0.39, 0.29) is 5.91 Å². The molecule has 1 aromatic carbocycles. The van der Waals surface area contributed by atoms with Gasteiger partial charge in [-0.1, -0.05) is 17.7 Å². The van der Waals surface area contributed by atoms with E-state index in [2.05, 4.69) is 0 Å². The molecule has 0 saturated carbocycles. The lowest BCUT2D eigenvalue weighted by Gasteiger charge is -2.27. The van der Waals surface area contributed by atoms with Crippen molar-refractivity contribution >= 4 is 5.91 Å². The third-order valence-electron chi connectivity index (χ3n) is 3.48. The summed E-state index contributed by atoms with van der Waals surface area (Å²) in [4.78, 5) is 14.1. The minimum absolute atomic E-state index is 0.116. The van der Waals surface area contributed by atoms with Gasteiger partial charge in [0.05, 0.1) is 0 Å². The maximum Gasteiger partial charge on any atom is 0.253 e. The number of carbonyl (C=O) groups is 1. The molecule has 2 rings (SSSR count). The van der Waals surface area contributed by atoms with Crippen LogP contribution in [0, 0.1) is 12.8 Å². The number of rotatable bonds is 3. The van der Waals surface area contributed by atoms with Crippen molar-refractivity contribution in [2.45, 2.75) is 19.8 Å². The Morgan fingerprint density at radius 2 is 2.11 bits per heavy atom. The Morgan fingerprint density at radius 3 is 2.78 bits per heavy atom. The summed E-state index contributed by atoms with van der Waals surface area (Å²) in [6.45, 7) is 4.50. The van der Waals surface area contributed by atoms with Crippen LogP contribution in [0.2, 0.25) is 0 Å². The molecule has 0 aromatic heterocycles. The van der Waals surface area contributed by atoms with Crippen molar-refractivity contribution in [2.24, 2.45) is 5.92 Å². The molecule has 1 saturated heterocycles. The molecule has 18 heavy (non-hydrogen) atoms. The summed E-state index contributed by atoms with van der Waals surface area (Å²) < 4.78 is 5.34. The number of hydrogen-bond acceptors (Lipinski definition) is 2. The van der Waals surface area contributed by atoms with Crippen LogP contribution >= 0.6 is 0 Å². The van der Waals surface area contributed by atoms with Crippen LogP contribution < -0.4 is 0 Å². The van der Waals surface area contributed by atoms with Crippen LogP contribution in [0.5, 0.6) is 0 Å². The van der Waals surface area contributed by atoms with Crippen LogP contribution in [0.4, 0.5) is 0 Å². The molecule has 98 valence electrons. The van der Waals surface area contributed by atoms with Crippen molar-refractivity contribution in [3.8, 4) is 0 Å². The molecule has 0 N–H and O–H groups in total. The van der Waals surface area contributed by atoms with Crippen molar-refractivity contribution in [2.75, 3.05) is 26.8 Å². The fourth-order valence-corrected chi connectivity index (χ4v) is 2.40. The summed E-state index contributed by atoms with van der Waals surface area (Å²) in [7, 11) is 1.89. The number of amides is 1. The zero-order chi connectivity index (χ0) is 13.0. The first kappa shape index (κ1) is 13.1. The van der Waals surface area contributed by atoms with Gasteiger partial charge in [0.25, 0.3) is 5.91 Å². The average Bonchev–Trinajstić information content (AvgIpc) is 2.39. The van der Waals surface area contributed by atoms with Crippen molar-refractivity contribution in [3.05, 3.63) is 35.4 Å². The molecule has 3 nitrogen and oxygen atoms in total. The van der Waals surface area contributed by atoms with Crippen LogP contribution in [-0.2, 0) is 4.74 Å². The maximum atomic E-state index is 12.3. The molecule has 0 unspecified atom stereocenters. The van der Waals surface area contributed by atoms with Crippen molar-refractivity contribution in [1.82, 2.24) is 4.90 Å². The van der Waals surface area contributed by atoms with Gasteiger partial charge in [-0.15, -0.1) is 0 Å². The van der Waals surface area contributed by atoms with Gasteiger partial charge in [0.1, 0.15) is 0 Å². The lowest BCUT2D eigenvalue weighted by atomic mass is 9.99. The summed E-state index contributed by atoms with van der Waals surface area (Å²) in [5.74, 6) is 0.697. The van der Waals surface area contributed by atoms with Crippen molar-refractivity contribution < 1.29 is 9.53 Å².